The molecule has 3 heterocycles. The Morgan fingerprint density at radius 2 is 2.17 bits per heavy atom. The summed E-state index contributed by atoms with van der Waals surface area (Å²) < 4.78 is 5.96. The Morgan fingerprint density at radius 3 is 2.87 bits per heavy atom. The topological polar surface area (TPSA) is 90.9 Å². The van der Waals surface area contributed by atoms with Crippen molar-refractivity contribution in [1.82, 2.24) is 10.2 Å². The maximum absolute atomic E-state index is 13.2. The monoisotopic (exact) mass is 449 g/mol. The summed E-state index contributed by atoms with van der Waals surface area (Å²) in [6, 6.07) is 8.88. The second-order valence-electron chi connectivity index (χ2n) is 7.84. The lowest BCUT2D eigenvalue weighted by molar-refractivity contribution is -0.122. The Kier molecular flexibility index (Phi) is 6.13. The Hall–Kier alpha value is -1.97. The van der Waals surface area contributed by atoms with Crippen LogP contribution in [0, 0.1) is 0 Å². The number of anilines is 1. The Bertz CT molecular complexity index is 957. The third-order valence-electron chi connectivity index (χ3n) is 5.62. The fraction of sp³-hybridized carbons (Fsp3) is 0.429. The zero-order valence-electron chi connectivity index (χ0n) is 16.6. The van der Waals surface area contributed by atoms with Crippen LogP contribution in [0.5, 0.6) is 0 Å². The number of carbonyl (C=O) groups is 2. The molecule has 4 rings (SSSR count). The maximum Gasteiger partial charge on any atom is 0.262 e. The normalized spacial score (nSPS) is 24.2. The number of β-amino-alcohol motifs (C(OH)–C–C–N with tert-alkyl or cyclic N) is 1. The minimum Gasteiger partial charge on any atom is -0.387 e. The van der Waals surface area contributed by atoms with Crippen LogP contribution in [0.4, 0.5) is 5.69 Å². The predicted molar refractivity (Wildman–Crippen MR) is 116 cm³/mol. The smallest absolute Gasteiger partial charge is 0.262 e. The highest BCUT2D eigenvalue weighted by Crippen LogP contribution is 2.28. The number of nitrogens with zero attached hydrogens (tertiary/aromatic N) is 1. The molecule has 0 spiro atoms. The summed E-state index contributed by atoms with van der Waals surface area (Å²) in [6.07, 6.45) is 0.604. The molecule has 0 saturated carbocycles. The third kappa shape index (κ3) is 4.38. The molecular weight excluding hydrogens is 426 g/mol. The van der Waals surface area contributed by atoms with E-state index in [1.54, 1.807) is 12.1 Å². The molecular formula is C21H24ClN3O4S. The van der Waals surface area contributed by atoms with Gasteiger partial charge in [0.05, 0.1) is 21.9 Å². The lowest BCUT2D eigenvalue weighted by Crippen LogP contribution is -2.57. The first-order valence-electron chi connectivity index (χ1n) is 9.83. The molecule has 2 unspecified atom stereocenters. The quantitative estimate of drug-likeness (QED) is 0.667. The van der Waals surface area contributed by atoms with Gasteiger partial charge in [0.2, 0.25) is 0 Å². The first-order valence-corrected chi connectivity index (χ1v) is 11.0. The van der Waals surface area contributed by atoms with E-state index >= 15 is 0 Å². The minimum absolute atomic E-state index is 0.0992. The first kappa shape index (κ1) is 21.3. The number of halogens is 1. The summed E-state index contributed by atoms with van der Waals surface area (Å²) in [5.74, 6) is -0.691. The van der Waals surface area contributed by atoms with Gasteiger partial charge in [-0.25, -0.2) is 0 Å². The number of aliphatic hydroxyl groups is 1. The fourth-order valence-corrected chi connectivity index (χ4v) is 4.81. The molecule has 160 valence electrons. The molecule has 1 saturated heterocycles. The van der Waals surface area contributed by atoms with E-state index in [0.717, 1.165) is 35.4 Å². The number of ether oxygens (including phenoxy) is 1. The van der Waals surface area contributed by atoms with Crippen molar-refractivity contribution >= 4 is 40.4 Å². The van der Waals surface area contributed by atoms with Gasteiger partial charge in [-0.05, 0) is 48.9 Å². The van der Waals surface area contributed by atoms with E-state index in [0.29, 0.717) is 34.5 Å². The minimum atomic E-state index is -1.15. The average molecular weight is 450 g/mol. The van der Waals surface area contributed by atoms with Crippen molar-refractivity contribution in [3.63, 3.8) is 0 Å². The first-order chi connectivity index (χ1) is 14.4. The molecule has 7 nitrogen and oxygen atoms in total. The lowest BCUT2D eigenvalue weighted by atomic mass is 9.96. The Labute approximate surface area is 184 Å². The van der Waals surface area contributed by atoms with E-state index in [-0.39, 0.29) is 18.4 Å². The molecule has 2 aliphatic rings. The highest BCUT2D eigenvalue weighted by Gasteiger charge is 2.44. The summed E-state index contributed by atoms with van der Waals surface area (Å²) in [5.41, 5.74) is 1.33. The standard InChI is InChI=1S/C21H24ClN3O4S/c1-25-8-6-13-2-3-14(10-15(13)16(26)11-25)23-20(28)21(7-9-29-12-21)24-19(27)17-4-5-18(22)30-17/h2-5,10,16,26H,6-9,11-12H2,1H3,(H,23,28)(H,24,27). The molecule has 2 aromatic rings. The van der Waals surface area contributed by atoms with E-state index in [1.165, 1.54) is 0 Å². The summed E-state index contributed by atoms with van der Waals surface area (Å²) >= 11 is 7.09. The van der Waals surface area contributed by atoms with E-state index in [1.807, 2.05) is 25.2 Å². The number of rotatable bonds is 4. The highest BCUT2D eigenvalue weighted by molar-refractivity contribution is 7.18. The number of carbonyl (C=O) groups excluding carboxylic acids is 2. The largest absolute Gasteiger partial charge is 0.387 e. The number of thiophene rings is 1. The molecule has 0 bridgehead atoms. The molecule has 2 atom stereocenters. The molecule has 2 aliphatic heterocycles. The van der Waals surface area contributed by atoms with Crippen LogP contribution in [0.2, 0.25) is 4.34 Å². The van der Waals surface area contributed by atoms with Crippen molar-refractivity contribution in [3.8, 4) is 0 Å². The number of likely N-dealkylation sites (N-methyl/N-ethyl adjacent to an activating group) is 1. The van der Waals surface area contributed by atoms with Crippen LogP contribution < -0.4 is 10.6 Å². The van der Waals surface area contributed by atoms with Gasteiger partial charge in [0.25, 0.3) is 11.8 Å². The molecule has 0 aliphatic carbocycles. The van der Waals surface area contributed by atoms with Gasteiger partial charge in [-0.15, -0.1) is 11.3 Å². The van der Waals surface area contributed by atoms with E-state index in [4.69, 9.17) is 16.3 Å². The second kappa shape index (κ2) is 8.64. The lowest BCUT2D eigenvalue weighted by Gasteiger charge is -2.27. The summed E-state index contributed by atoms with van der Waals surface area (Å²) in [4.78, 5) is 28.4. The van der Waals surface area contributed by atoms with Crippen molar-refractivity contribution in [2.45, 2.75) is 24.5 Å². The summed E-state index contributed by atoms with van der Waals surface area (Å²) in [7, 11) is 1.98. The number of aliphatic hydroxyl groups excluding tert-OH is 1. The number of amides is 2. The SMILES string of the molecule is CN1CCc2ccc(NC(=O)C3(NC(=O)c4ccc(Cl)s4)CCOC3)cc2C(O)C1. The third-order valence-corrected chi connectivity index (χ3v) is 6.85. The van der Waals surface area contributed by atoms with Crippen molar-refractivity contribution in [3.05, 3.63) is 50.7 Å². The van der Waals surface area contributed by atoms with Gasteiger partial charge in [0.1, 0.15) is 5.54 Å². The molecule has 1 fully saturated rings. The zero-order valence-corrected chi connectivity index (χ0v) is 18.2. The van der Waals surface area contributed by atoms with Crippen LogP contribution in [0.25, 0.3) is 0 Å². The van der Waals surface area contributed by atoms with Gasteiger partial charge in [0.15, 0.2) is 0 Å². The predicted octanol–water partition coefficient (Wildman–Crippen LogP) is 2.45. The van der Waals surface area contributed by atoms with Crippen molar-refractivity contribution in [2.24, 2.45) is 0 Å². The van der Waals surface area contributed by atoms with Crippen molar-refractivity contribution in [1.29, 1.82) is 0 Å². The fourth-order valence-electron chi connectivity index (χ4n) is 3.87. The van der Waals surface area contributed by atoms with Gasteiger partial charge < -0.3 is 25.4 Å². The van der Waals surface area contributed by atoms with Crippen LogP contribution in [-0.4, -0.2) is 60.7 Å². The molecule has 1 aromatic heterocycles. The highest BCUT2D eigenvalue weighted by atomic mass is 35.5. The van der Waals surface area contributed by atoms with Gasteiger partial charge in [-0.2, -0.15) is 0 Å². The molecule has 0 radical (unpaired) electrons. The van der Waals surface area contributed by atoms with E-state index < -0.39 is 11.6 Å². The van der Waals surface area contributed by atoms with Gasteiger partial charge in [-0.1, -0.05) is 17.7 Å². The van der Waals surface area contributed by atoms with E-state index in [9.17, 15) is 14.7 Å². The number of fused-ring (bicyclic) bond motifs is 1. The zero-order chi connectivity index (χ0) is 21.3. The molecule has 3 N–H and O–H groups in total. The Balaban J connectivity index is 1.52. The molecule has 1 aromatic carbocycles. The van der Waals surface area contributed by atoms with Crippen molar-refractivity contribution in [2.75, 3.05) is 38.7 Å². The second-order valence-corrected chi connectivity index (χ2v) is 9.55. The van der Waals surface area contributed by atoms with Gasteiger partial charge >= 0.3 is 0 Å². The number of hydrogen-bond donors (Lipinski definition) is 3. The van der Waals surface area contributed by atoms with Crippen LogP contribution in [-0.2, 0) is 16.0 Å². The van der Waals surface area contributed by atoms with Gasteiger partial charge in [0, 0.05) is 31.8 Å². The summed E-state index contributed by atoms with van der Waals surface area (Å²) in [6.45, 7) is 1.90. The van der Waals surface area contributed by atoms with Crippen LogP contribution in [0.3, 0.4) is 0 Å². The van der Waals surface area contributed by atoms with E-state index in [2.05, 4.69) is 15.5 Å². The van der Waals surface area contributed by atoms with Crippen LogP contribution >= 0.6 is 22.9 Å². The molecule has 30 heavy (non-hydrogen) atoms. The molecule has 9 heteroatoms. The maximum atomic E-state index is 13.2. The number of benzene rings is 1. The van der Waals surface area contributed by atoms with Gasteiger partial charge in [-0.3, -0.25) is 9.59 Å². The van der Waals surface area contributed by atoms with Crippen LogP contribution in [0.1, 0.15) is 33.3 Å². The Morgan fingerprint density at radius 1 is 1.33 bits per heavy atom. The van der Waals surface area contributed by atoms with Crippen LogP contribution in [0.15, 0.2) is 30.3 Å². The number of nitrogens with one attached hydrogen (secondary N) is 2. The van der Waals surface area contributed by atoms with Crippen molar-refractivity contribution < 1.29 is 19.4 Å². The number of hydrogen-bond acceptors (Lipinski definition) is 6. The average Bonchev–Trinajstić information content (AvgIpc) is 3.33. The molecule has 2 amide bonds. The summed E-state index contributed by atoms with van der Waals surface area (Å²) in [5, 5.41) is 16.3.